The van der Waals surface area contributed by atoms with Crippen LogP contribution < -0.4 is 16.4 Å². The molecular formula is C18H16N5O3. The highest BCUT2D eigenvalue weighted by molar-refractivity contribution is 6.04. The van der Waals surface area contributed by atoms with Gasteiger partial charge in [0.2, 0.25) is 0 Å². The number of hydrogen-bond donors (Lipinski definition) is 4. The van der Waals surface area contributed by atoms with Crippen LogP contribution in [0.15, 0.2) is 48.5 Å². The number of urea groups is 1. The molecule has 0 aliphatic carbocycles. The molecule has 0 saturated carbocycles. The topological polar surface area (TPSA) is 133 Å². The molecule has 8 heteroatoms. The number of benzene rings is 2. The number of hydrogen-bond acceptors (Lipinski definition) is 3. The van der Waals surface area contributed by atoms with Gasteiger partial charge in [-0.25, -0.2) is 9.78 Å². The minimum atomic E-state index is -0.793. The monoisotopic (exact) mass is 350 g/mol. The Morgan fingerprint density at radius 1 is 1.00 bits per heavy atom. The average Bonchev–Trinajstić information content (AvgIpc) is 3.01. The summed E-state index contributed by atoms with van der Waals surface area (Å²) in [6.07, 6.45) is 0. The quantitative estimate of drug-likeness (QED) is 0.575. The van der Waals surface area contributed by atoms with E-state index in [1.165, 1.54) is 12.1 Å². The fourth-order valence-corrected chi connectivity index (χ4v) is 2.30. The van der Waals surface area contributed by atoms with Crippen LogP contribution in [0.1, 0.15) is 16.1 Å². The van der Waals surface area contributed by atoms with Crippen molar-refractivity contribution in [1.82, 2.24) is 9.97 Å². The molecule has 1 radical (unpaired) electrons. The summed E-state index contributed by atoms with van der Waals surface area (Å²) in [4.78, 5) is 30.7. The molecule has 1 heterocycles. The maximum absolute atomic E-state index is 12.2. The first-order valence-corrected chi connectivity index (χ1v) is 7.74. The standard InChI is InChI=1S/C18H16N5O3/c1-10-2-6-12(7-3-10)20-18(26)23-17-14(15(19)25)21-16(22-17)11-4-8-13(24)9-5-11/h2-9H,1H3,(H2,19,25)(H,21,22)(H2,20,23,26). The van der Waals surface area contributed by atoms with Gasteiger partial charge in [-0.15, -0.1) is 0 Å². The van der Waals surface area contributed by atoms with E-state index in [9.17, 15) is 14.7 Å². The van der Waals surface area contributed by atoms with Crippen LogP contribution >= 0.6 is 0 Å². The van der Waals surface area contributed by atoms with Gasteiger partial charge in [0, 0.05) is 11.3 Å². The maximum atomic E-state index is 12.2. The molecule has 0 aliphatic heterocycles. The maximum Gasteiger partial charge on any atom is 0.324 e. The van der Waals surface area contributed by atoms with Gasteiger partial charge in [0.15, 0.2) is 11.4 Å². The molecule has 26 heavy (non-hydrogen) atoms. The van der Waals surface area contributed by atoms with E-state index in [4.69, 9.17) is 5.73 Å². The van der Waals surface area contributed by atoms with Gasteiger partial charge >= 0.3 is 6.03 Å². The Balaban J connectivity index is 1.82. The summed E-state index contributed by atoms with van der Waals surface area (Å²) in [5.41, 5.74) is 7.47. The van der Waals surface area contributed by atoms with E-state index in [2.05, 4.69) is 20.6 Å². The Morgan fingerprint density at radius 3 is 2.27 bits per heavy atom. The predicted octanol–water partition coefficient (Wildman–Crippen LogP) is 3.27. The lowest BCUT2D eigenvalue weighted by Gasteiger charge is -2.07. The summed E-state index contributed by atoms with van der Waals surface area (Å²) >= 11 is 0. The third-order valence-corrected chi connectivity index (χ3v) is 3.61. The summed E-state index contributed by atoms with van der Waals surface area (Å²) in [5, 5.41) is 16.4. The first-order chi connectivity index (χ1) is 12.4. The van der Waals surface area contributed by atoms with Gasteiger partial charge in [0.05, 0.1) is 0 Å². The van der Waals surface area contributed by atoms with Crippen LogP contribution in [0.4, 0.5) is 16.3 Å². The molecule has 3 amide bonds. The molecule has 0 saturated heterocycles. The van der Waals surface area contributed by atoms with E-state index < -0.39 is 11.9 Å². The average molecular weight is 350 g/mol. The number of nitrogens with zero attached hydrogens (tertiary/aromatic N) is 1. The Kier molecular flexibility index (Phi) is 4.57. The van der Waals surface area contributed by atoms with Gasteiger partial charge in [-0.2, -0.15) is 0 Å². The van der Waals surface area contributed by atoms with Crippen LogP contribution in [-0.4, -0.2) is 21.9 Å². The number of anilines is 2. The van der Waals surface area contributed by atoms with Crippen LogP contribution in [0.3, 0.4) is 0 Å². The highest BCUT2D eigenvalue weighted by Crippen LogP contribution is 2.23. The molecule has 131 valence electrons. The van der Waals surface area contributed by atoms with Crippen LogP contribution in [0.2, 0.25) is 0 Å². The van der Waals surface area contributed by atoms with Gasteiger partial charge in [-0.1, -0.05) is 17.7 Å². The number of H-pyrrole nitrogens is 1. The molecule has 3 rings (SSSR count). The zero-order valence-corrected chi connectivity index (χ0v) is 13.9. The molecule has 8 nitrogen and oxygen atoms in total. The second-order valence-electron chi connectivity index (χ2n) is 5.64. The van der Waals surface area contributed by atoms with E-state index in [0.29, 0.717) is 17.1 Å². The highest BCUT2D eigenvalue weighted by Gasteiger charge is 2.18. The minimum absolute atomic E-state index is 0.0725. The molecule has 5 N–H and O–H groups in total. The van der Waals surface area contributed by atoms with E-state index >= 15 is 0 Å². The Bertz CT molecular complexity index is 946. The molecule has 1 aromatic heterocycles. The van der Waals surface area contributed by atoms with E-state index in [-0.39, 0.29) is 17.3 Å². The molecule has 0 fully saturated rings. The normalized spacial score (nSPS) is 10.3. The predicted molar refractivity (Wildman–Crippen MR) is 96.5 cm³/mol. The molecule has 3 aromatic rings. The van der Waals surface area contributed by atoms with Crippen LogP contribution in [0.25, 0.3) is 11.4 Å². The van der Waals surface area contributed by atoms with Gasteiger partial charge in [-0.3, -0.25) is 15.2 Å². The van der Waals surface area contributed by atoms with Crippen molar-refractivity contribution in [1.29, 1.82) is 0 Å². The number of amides is 3. The fraction of sp³-hybridized carbons (Fsp3) is 0.0556. The summed E-state index contributed by atoms with van der Waals surface area (Å²) < 4.78 is 0. The number of imidazole rings is 1. The summed E-state index contributed by atoms with van der Waals surface area (Å²) in [7, 11) is 0. The molecule has 0 atom stereocenters. The minimum Gasteiger partial charge on any atom is -0.364 e. The van der Waals surface area contributed by atoms with Crippen molar-refractivity contribution in [3.63, 3.8) is 0 Å². The number of aromatic amines is 1. The number of aromatic nitrogens is 2. The van der Waals surface area contributed by atoms with Gasteiger partial charge in [0.1, 0.15) is 11.6 Å². The Hall–Kier alpha value is -3.81. The van der Waals surface area contributed by atoms with Crippen molar-refractivity contribution in [2.24, 2.45) is 5.73 Å². The zero-order chi connectivity index (χ0) is 18.7. The molecular weight excluding hydrogens is 334 g/mol. The number of aryl methyl sites for hydroxylation is 1. The smallest absolute Gasteiger partial charge is 0.324 e. The first kappa shape index (κ1) is 17.0. The van der Waals surface area contributed by atoms with Crippen LogP contribution in [0.5, 0.6) is 5.75 Å². The number of carbonyl (C=O) groups is 2. The second kappa shape index (κ2) is 6.98. The fourth-order valence-electron chi connectivity index (χ4n) is 2.30. The summed E-state index contributed by atoms with van der Waals surface area (Å²) in [6.45, 7) is 1.94. The lowest BCUT2D eigenvalue weighted by molar-refractivity contribution is 0.0997. The third-order valence-electron chi connectivity index (χ3n) is 3.61. The first-order valence-electron chi connectivity index (χ1n) is 7.74. The number of nitrogens with two attached hydrogens (primary N) is 1. The van der Waals surface area contributed by atoms with E-state index in [0.717, 1.165) is 5.56 Å². The van der Waals surface area contributed by atoms with Crippen molar-refractivity contribution in [3.05, 3.63) is 59.8 Å². The van der Waals surface area contributed by atoms with Crippen molar-refractivity contribution in [2.75, 3.05) is 10.6 Å². The number of nitrogens with one attached hydrogen (secondary N) is 3. The van der Waals surface area contributed by atoms with Crippen molar-refractivity contribution >= 4 is 23.4 Å². The van der Waals surface area contributed by atoms with E-state index in [1.807, 2.05) is 19.1 Å². The van der Waals surface area contributed by atoms with Crippen molar-refractivity contribution < 1.29 is 14.7 Å². The lowest BCUT2D eigenvalue weighted by Crippen LogP contribution is -2.22. The highest BCUT2D eigenvalue weighted by atomic mass is 16.3. The largest absolute Gasteiger partial charge is 0.364 e. The zero-order valence-electron chi connectivity index (χ0n) is 13.9. The van der Waals surface area contributed by atoms with Gasteiger partial charge in [0.25, 0.3) is 5.91 Å². The van der Waals surface area contributed by atoms with Crippen molar-refractivity contribution in [2.45, 2.75) is 6.92 Å². The number of carbonyl (C=O) groups excluding carboxylic acids is 2. The Morgan fingerprint density at radius 2 is 1.65 bits per heavy atom. The summed E-state index contributed by atoms with van der Waals surface area (Å²) in [5.74, 6) is -0.558. The second-order valence-corrected chi connectivity index (χ2v) is 5.64. The van der Waals surface area contributed by atoms with Crippen LogP contribution in [-0.2, 0) is 5.11 Å². The van der Waals surface area contributed by atoms with Gasteiger partial charge < -0.3 is 16.0 Å². The molecule has 0 bridgehead atoms. The SMILES string of the molecule is Cc1ccc(NC(=O)Nc2[nH]c(-c3ccc([O])cc3)nc2C(N)=O)cc1. The Labute approximate surface area is 149 Å². The molecule has 0 unspecified atom stereocenters. The van der Waals surface area contributed by atoms with Gasteiger partial charge in [-0.05, 0) is 43.3 Å². The molecule has 0 aliphatic rings. The third kappa shape index (κ3) is 3.81. The molecule has 2 aromatic carbocycles. The van der Waals surface area contributed by atoms with Crippen LogP contribution in [0, 0.1) is 6.92 Å². The van der Waals surface area contributed by atoms with E-state index in [1.54, 1.807) is 24.3 Å². The molecule has 0 spiro atoms. The lowest BCUT2D eigenvalue weighted by atomic mass is 10.2. The number of primary amides is 1. The van der Waals surface area contributed by atoms with Crippen molar-refractivity contribution in [3.8, 4) is 17.1 Å². The number of rotatable bonds is 4. The summed E-state index contributed by atoms with van der Waals surface area (Å²) in [6, 6.07) is 12.5.